The van der Waals surface area contributed by atoms with Crippen molar-refractivity contribution in [3.05, 3.63) is 0 Å². The minimum atomic E-state index is -0.963. The van der Waals surface area contributed by atoms with Crippen LogP contribution in [0.15, 0.2) is 0 Å². The summed E-state index contributed by atoms with van der Waals surface area (Å²) in [5, 5.41) is 16.3. The van der Waals surface area contributed by atoms with Gasteiger partial charge in [0, 0.05) is 29.6 Å². The Kier molecular flexibility index (Phi) is 7.83. The number of carboxylic acids is 1. The largest absolute Gasteiger partial charge is 0.481 e. The maximum Gasteiger partial charge on any atom is 0.305 e. The third kappa shape index (κ3) is 9.66. The van der Waals surface area contributed by atoms with Crippen molar-refractivity contribution in [2.75, 3.05) is 0 Å². The molecule has 0 unspecified atom stereocenters. The van der Waals surface area contributed by atoms with Gasteiger partial charge < -0.3 is 10.2 Å². The molecule has 0 aliphatic carbocycles. The van der Waals surface area contributed by atoms with Gasteiger partial charge in [0.15, 0.2) is 0 Å². The molecule has 43 valence electrons. The number of aliphatic hydroxyl groups is 1. The average Bonchev–Trinajstić information content (AvgIpc) is 1.27. The zero-order valence-corrected chi connectivity index (χ0v) is 7.09. The fourth-order valence-electron chi connectivity index (χ4n) is 0.253. The Labute approximate surface area is 70.0 Å². The van der Waals surface area contributed by atoms with E-state index in [9.17, 15) is 4.79 Å². The number of carboxylic acid groups (broad SMARTS) is 1. The summed E-state index contributed by atoms with van der Waals surface area (Å²) in [7, 11) is 0. The van der Waals surface area contributed by atoms with Gasteiger partial charge >= 0.3 is 5.97 Å². The number of hydrogen-bond donors (Lipinski definition) is 2. The molecule has 0 saturated carbocycles. The molecular formula is C4H8NaO3. The van der Waals surface area contributed by atoms with Crippen LogP contribution in [0.2, 0.25) is 0 Å². The second-order valence-electron chi connectivity index (χ2n) is 1.45. The molecule has 3 nitrogen and oxygen atoms in total. The zero-order chi connectivity index (χ0) is 5.86. The second-order valence-corrected chi connectivity index (χ2v) is 1.45. The first-order valence-electron chi connectivity index (χ1n) is 2.03. The fourth-order valence-corrected chi connectivity index (χ4v) is 0.253. The van der Waals surface area contributed by atoms with E-state index in [1.807, 2.05) is 0 Å². The van der Waals surface area contributed by atoms with Gasteiger partial charge in [-0.05, 0) is 6.92 Å². The fraction of sp³-hybridized carbons (Fsp3) is 0.750. The summed E-state index contributed by atoms with van der Waals surface area (Å²) in [6.07, 6.45) is -0.891. The quantitative estimate of drug-likeness (QED) is 0.389. The third-order valence-corrected chi connectivity index (χ3v) is 0.470. The standard InChI is InChI=1S/C4H8O3.Na/c1-3(5)2-4(6)7;/h3,5H,2H2,1H3,(H,6,7);/t3-;/m1./s1/i3+1,4+1;. The normalized spacial score (nSPS) is 11.8. The van der Waals surface area contributed by atoms with E-state index in [-0.39, 0.29) is 36.0 Å². The van der Waals surface area contributed by atoms with E-state index in [0.717, 1.165) is 0 Å². The van der Waals surface area contributed by atoms with Crippen molar-refractivity contribution in [3.63, 3.8) is 0 Å². The molecule has 0 aromatic rings. The summed E-state index contributed by atoms with van der Waals surface area (Å²) in [5.41, 5.74) is 0. The summed E-state index contributed by atoms with van der Waals surface area (Å²) in [5.74, 6) is -0.963. The predicted molar refractivity (Wildman–Crippen MR) is 29.7 cm³/mol. The molecule has 0 aliphatic rings. The minimum Gasteiger partial charge on any atom is -0.481 e. The molecule has 8 heavy (non-hydrogen) atoms. The van der Waals surface area contributed by atoms with Crippen LogP contribution >= 0.6 is 0 Å². The van der Waals surface area contributed by atoms with E-state index < -0.39 is 12.1 Å². The molecule has 0 bridgehead atoms. The Morgan fingerprint density at radius 1 is 1.75 bits per heavy atom. The van der Waals surface area contributed by atoms with E-state index in [2.05, 4.69) is 0 Å². The van der Waals surface area contributed by atoms with Crippen molar-refractivity contribution in [3.8, 4) is 0 Å². The molecular weight excluding hydrogens is 121 g/mol. The molecule has 0 saturated heterocycles. The first-order valence-corrected chi connectivity index (χ1v) is 2.03. The molecule has 1 atom stereocenters. The molecule has 4 heteroatoms. The van der Waals surface area contributed by atoms with Gasteiger partial charge in [-0.2, -0.15) is 0 Å². The van der Waals surface area contributed by atoms with Crippen molar-refractivity contribution >= 4 is 35.5 Å². The van der Waals surface area contributed by atoms with E-state index >= 15 is 0 Å². The Hall–Kier alpha value is 0.430. The van der Waals surface area contributed by atoms with Gasteiger partial charge in [-0.25, -0.2) is 0 Å². The smallest absolute Gasteiger partial charge is 0.305 e. The topological polar surface area (TPSA) is 57.5 Å². The van der Waals surface area contributed by atoms with Crippen LogP contribution in [0, 0.1) is 0 Å². The van der Waals surface area contributed by atoms with E-state index in [0.29, 0.717) is 0 Å². The first-order chi connectivity index (χ1) is 3.13. The molecule has 0 aromatic heterocycles. The molecule has 0 aliphatic heterocycles. The van der Waals surface area contributed by atoms with E-state index in [1.165, 1.54) is 6.92 Å². The van der Waals surface area contributed by atoms with Gasteiger partial charge in [0.1, 0.15) is 0 Å². The Bertz CT molecular complexity index is 71.7. The molecule has 1 radical (unpaired) electrons. The number of carbonyl (C=O) groups is 1. The SMILES string of the molecule is C[13C@@H](O)C[13C](=O)O.[Na]. The number of hydrogen-bond acceptors (Lipinski definition) is 2. The van der Waals surface area contributed by atoms with Crippen LogP contribution in [0.3, 0.4) is 0 Å². The van der Waals surface area contributed by atoms with Crippen molar-refractivity contribution in [2.45, 2.75) is 19.4 Å². The summed E-state index contributed by atoms with van der Waals surface area (Å²) in [6, 6.07) is 0. The van der Waals surface area contributed by atoms with Gasteiger partial charge in [0.25, 0.3) is 0 Å². The summed E-state index contributed by atoms with van der Waals surface area (Å²) in [4.78, 5) is 9.65. The molecule has 0 amide bonds. The van der Waals surface area contributed by atoms with Crippen LogP contribution in [0.25, 0.3) is 0 Å². The van der Waals surface area contributed by atoms with Crippen molar-refractivity contribution in [1.29, 1.82) is 0 Å². The van der Waals surface area contributed by atoms with Gasteiger partial charge in [-0.1, -0.05) is 0 Å². The minimum absolute atomic E-state index is 0. The van der Waals surface area contributed by atoms with Gasteiger partial charge in [0.2, 0.25) is 0 Å². The van der Waals surface area contributed by atoms with Crippen LogP contribution in [0.4, 0.5) is 0 Å². The van der Waals surface area contributed by atoms with E-state index in [1.54, 1.807) is 0 Å². The first kappa shape index (κ1) is 11.3. The van der Waals surface area contributed by atoms with Gasteiger partial charge in [0.05, 0.1) is 12.5 Å². The predicted octanol–water partition coefficient (Wildman–Crippen LogP) is -0.539. The molecule has 2 N–H and O–H groups in total. The van der Waals surface area contributed by atoms with Crippen LogP contribution in [-0.2, 0) is 4.79 Å². The number of aliphatic hydroxyl groups excluding tert-OH is 1. The van der Waals surface area contributed by atoms with Crippen LogP contribution in [0.5, 0.6) is 0 Å². The average molecular weight is 129 g/mol. The van der Waals surface area contributed by atoms with Gasteiger partial charge in [-0.3, -0.25) is 4.79 Å². The monoisotopic (exact) mass is 129 g/mol. The van der Waals surface area contributed by atoms with Crippen LogP contribution < -0.4 is 0 Å². The second kappa shape index (κ2) is 5.56. The third-order valence-electron chi connectivity index (χ3n) is 0.470. The Morgan fingerprint density at radius 3 is 2.12 bits per heavy atom. The molecule has 0 aromatic carbocycles. The number of aliphatic carboxylic acids is 1. The summed E-state index contributed by atoms with van der Waals surface area (Å²) >= 11 is 0. The van der Waals surface area contributed by atoms with Crippen molar-refractivity contribution in [2.24, 2.45) is 0 Å². The maximum absolute atomic E-state index is 9.65. The van der Waals surface area contributed by atoms with Crippen molar-refractivity contribution < 1.29 is 15.0 Å². The van der Waals surface area contributed by atoms with Gasteiger partial charge in [-0.15, -0.1) is 0 Å². The molecule has 0 spiro atoms. The summed E-state index contributed by atoms with van der Waals surface area (Å²) in [6.45, 7) is 1.44. The zero-order valence-electron chi connectivity index (χ0n) is 5.09. The van der Waals surface area contributed by atoms with Crippen LogP contribution in [0.1, 0.15) is 13.3 Å². The van der Waals surface area contributed by atoms with Crippen LogP contribution in [-0.4, -0.2) is 51.8 Å². The molecule has 0 rings (SSSR count). The Morgan fingerprint density at radius 2 is 2.12 bits per heavy atom. The maximum atomic E-state index is 9.65. The molecule has 0 fully saturated rings. The Balaban J connectivity index is 0. The number of rotatable bonds is 2. The van der Waals surface area contributed by atoms with Crippen molar-refractivity contribution in [1.82, 2.24) is 0 Å². The molecule has 0 heterocycles. The van der Waals surface area contributed by atoms with E-state index in [4.69, 9.17) is 10.2 Å². The summed E-state index contributed by atoms with van der Waals surface area (Å²) < 4.78 is 0.